The molecule has 1 aromatic rings. The van der Waals surface area contributed by atoms with Crippen LogP contribution in [0.25, 0.3) is 6.08 Å². The molecule has 19 heavy (non-hydrogen) atoms. The van der Waals surface area contributed by atoms with E-state index in [4.69, 9.17) is 0 Å². The number of carbonyl (C=O) groups is 1. The highest BCUT2D eigenvalue weighted by Gasteiger charge is 2.09. The van der Waals surface area contributed by atoms with E-state index >= 15 is 0 Å². The van der Waals surface area contributed by atoms with Crippen LogP contribution in [-0.4, -0.2) is 33.7 Å². The number of nitrogens with zero attached hydrogens (tertiary/aromatic N) is 3. The number of hydrogen-bond donors (Lipinski definition) is 0. The molecule has 0 aliphatic carbocycles. The van der Waals surface area contributed by atoms with E-state index in [-0.39, 0.29) is 5.91 Å². The molecule has 0 aromatic carbocycles. The molecule has 0 saturated carbocycles. The van der Waals surface area contributed by atoms with Gasteiger partial charge in [-0.05, 0) is 19.9 Å². The Bertz CT molecular complexity index is 502. The van der Waals surface area contributed by atoms with Gasteiger partial charge in [-0.1, -0.05) is 12.2 Å². The highest BCUT2D eigenvalue weighted by atomic mass is 16.2. The van der Waals surface area contributed by atoms with E-state index in [9.17, 15) is 4.79 Å². The Labute approximate surface area is 114 Å². The maximum atomic E-state index is 12.0. The predicted octanol–water partition coefficient (Wildman–Crippen LogP) is 2.25. The lowest BCUT2D eigenvalue weighted by atomic mass is 10.2. The average Bonchev–Trinajstić information content (AvgIpc) is 2.61. The number of carbonyl (C=O) groups excluding carboxylic acids is 1. The second-order valence-corrected chi connectivity index (χ2v) is 4.36. The lowest BCUT2D eigenvalue weighted by molar-refractivity contribution is -0.124. The number of aryl methyl sites for hydroxylation is 2. The summed E-state index contributed by atoms with van der Waals surface area (Å²) < 4.78 is 1.81. The lowest BCUT2D eigenvalue weighted by Crippen LogP contribution is -2.29. The summed E-state index contributed by atoms with van der Waals surface area (Å²) in [4.78, 5) is 13.7. The van der Waals surface area contributed by atoms with Crippen molar-refractivity contribution >= 4 is 12.0 Å². The molecule has 0 fully saturated rings. The zero-order valence-electron chi connectivity index (χ0n) is 11.9. The minimum Gasteiger partial charge on any atom is -0.332 e. The quantitative estimate of drug-likeness (QED) is 0.580. The van der Waals surface area contributed by atoms with Crippen molar-refractivity contribution in [3.05, 3.63) is 48.3 Å². The van der Waals surface area contributed by atoms with Gasteiger partial charge in [-0.2, -0.15) is 5.10 Å². The Morgan fingerprint density at radius 2 is 1.89 bits per heavy atom. The Kier molecular flexibility index (Phi) is 5.30. The number of amides is 1. The van der Waals surface area contributed by atoms with Gasteiger partial charge >= 0.3 is 0 Å². The van der Waals surface area contributed by atoms with E-state index in [0.717, 1.165) is 17.0 Å². The summed E-state index contributed by atoms with van der Waals surface area (Å²) in [5.74, 6) is -0.0533. The molecule has 4 nitrogen and oxygen atoms in total. The van der Waals surface area contributed by atoms with E-state index in [1.54, 1.807) is 23.1 Å². The van der Waals surface area contributed by atoms with Gasteiger partial charge in [0.2, 0.25) is 5.91 Å². The summed E-state index contributed by atoms with van der Waals surface area (Å²) in [5, 5.41) is 4.31. The van der Waals surface area contributed by atoms with Crippen LogP contribution in [0.1, 0.15) is 17.0 Å². The molecular formula is C15H21N3O. The molecule has 0 bridgehead atoms. The van der Waals surface area contributed by atoms with E-state index in [1.807, 2.05) is 31.7 Å². The first-order chi connectivity index (χ1) is 9.01. The van der Waals surface area contributed by atoms with Crippen LogP contribution in [0.5, 0.6) is 0 Å². The number of rotatable bonds is 6. The van der Waals surface area contributed by atoms with Gasteiger partial charge in [0.05, 0.1) is 5.69 Å². The van der Waals surface area contributed by atoms with Gasteiger partial charge in [0.25, 0.3) is 0 Å². The van der Waals surface area contributed by atoms with Crippen molar-refractivity contribution in [2.45, 2.75) is 13.8 Å². The Balaban J connectivity index is 2.87. The first-order valence-electron chi connectivity index (χ1n) is 6.20. The molecule has 0 aliphatic heterocycles. The maximum Gasteiger partial charge on any atom is 0.247 e. The van der Waals surface area contributed by atoms with Crippen molar-refractivity contribution in [3.8, 4) is 0 Å². The summed E-state index contributed by atoms with van der Waals surface area (Å²) in [6.07, 6.45) is 6.80. The molecule has 1 heterocycles. The third kappa shape index (κ3) is 3.68. The van der Waals surface area contributed by atoms with Crippen LogP contribution < -0.4 is 0 Å². The second-order valence-electron chi connectivity index (χ2n) is 4.36. The summed E-state index contributed by atoms with van der Waals surface area (Å²) >= 11 is 0. The van der Waals surface area contributed by atoms with Gasteiger partial charge in [0, 0.05) is 37.5 Å². The normalized spacial score (nSPS) is 10.7. The Morgan fingerprint density at radius 1 is 1.32 bits per heavy atom. The summed E-state index contributed by atoms with van der Waals surface area (Å²) in [6, 6.07) is 0. The zero-order chi connectivity index (χ0) is 14.4. The van der Waals surface area contributed by atoms with E-state index in [0.29, 0.717) is 13.1 Å². The standard InChI is InChI=1S/C15H21N3O/c1-6-10-18(11-7-2)15(19)9-8-14-12(3)16-17(5)13(14)4/h6-9H,1-2,10-11H2,3-5H3/b9-8-. The maximum absolute atomic E-state index is 12.0. The Hall–Kier alpha value is -2.10. The third-order valence-electron chi connectivity index (χ3n) is 2.97. The minimum absolute atomic E-state index is 0.0533. The van der Waals surface area contributed by atoms with Crippen molar-refractivity contribution in [1.29, 1.82) is 0 Å². The minimum atomic E-state index is -0.0533. The van der Waals surface area contributed by atoms with Crippen molar-refractivity contribution in [2.75, 3.05) is 13.1 Å². The molecule has 1 amide bonds. The monoisotopic (exact) mass is 259 g/mol. The fourth-order valence-electron chi connectivity index (χ4n) is 1.86. The molecule has 0 atom stereocenters. The molecule has 102 valence electrons. The molecule has 0 spiro atoms. The first-order valence-corrected chi connectivity index (χ1v) is 6.20. The van der Waals surface area contributed by atoms with Crippen LogP contribution in [0.4, 0.5) is 0 Å². The van der Waals surface area contributed by atoms with Crippen molar-refractivity contribution in [2.24, 2.45) is 7.05 Å². The Morgan fingerprint density at radius 3 is 2.32 bits per heavy atom. The molecule has 0 saturated heterocycles. The largest absolute Gasteiger partial charge is 0.332 e. The van der Waals surface area contributed by atoms with Crippen molar-refractivity contribution < 1.29 is 4.79 Å². The van der Waals surface area contributed by atoms with Crippen LogP contribution in [0.2, 0.25) is 0 Å². The highest BCUT2D eigenvalue weighted by molar-refractivity contribution is 5.92. The van der Waals surface area contributed by atoms with Gasteiger partial charge < -0.3 is 4.90 Å². The average molecular weight is 259 g/mol. The van der Waals surface area contributed by atoms with Crippen molar-refractivity contribution in [1.82, 2.24) is 14.7 Å². The topological polar surface area (TPSA) is 38.1 Å². The fraction of sp³-hybridized carbons (Fsp3) is 0.333. The van der Waals surface area contributed by atoms with Crippen LogP contribution >= 0.6 is 0 Å². The smallest absolute Gasteiger partial charge is 0.247 e. The van der Waals surface area contributed by atoms with E-state index < -0.39 is 0 Å². The van der Waals surface area contributed by atoms with Crippen LogP contribution in [0.3, 0.4) is 0 Å². The number of aromatic nitrogens is 2. The number of hydrogen-bond acceptors (Lipinski definition) is 2. The highest BCUT2D eigenvalue weighted by Crippen LogP contribution is 2.13. The van der Waals surface area contributed by atoms with Gasteiger partial charge in [0.15, 0.2) is 0 Å². The van der Waals surface area contributed by atoms with E-state index in [1.165, 1.54) is 0 Å². The summed E-state index contributed by atoms with van der Waals surface area (Å²) in [7, 11) is 1.89. The first kappa shape index (κ1) is 15.0. The molecule has 0 aliphatic rings. The predicted molar refractivity (Wildman–Crippen MR) is 78.7 cm³/mol. The molecule has 0 radical (unpaired) electrons. The molecule has 0 N–H and O–H groups in total. The summed E-state index contributed by atoms with van der Waals surface area (Å²) in [6.45, 7) is 12.2. The second kappa shape index (κ2) is 6.73. The summed E-state index contributed by atoms with van der Waals surface area (Å²) in [5.41, 5.74) is 2.96. The molecular weight excluding hydrogens is 238 g/mol. The van der Waals surface area contributed by atoms with E-state index in [2.05, 4.69) is 18.3 Å². The lowest BCUT2D eigenvalue weighted by Gasteiger charge is -2.16. The van der Waals surface area contributed by atoms with Crippen LogP contribution in [0.15, 0.2) is 31.4 Å². The van der Waals surface area contributed by atoms with Gasteiger partial charge in [-0.3, -0.25) is 9.48 Å². The van der Waals surface area contributed by atoms with Crippen LogP contribution in [-0.2, 0) is 11.8 Å². The van der Waals surface area contributed by atoms with Gasteiger partial charge in [0.1, 0.15) is 0 Å². The zero-order valence-corrected chi connectivity index (χ0v) is 11.9. The fourth-order valence-corrected chi connectivity index (χ4v) is 1.86. The SMILES string of the molecule is C=CCN(CC=C)C(=O)/C=C\c1c(C)nn(C)c1C. The molecule has 1 rings (SSSR count). The van der Waals surface area contributed by atoms with Gasteiger partial charge in [-0.15, -0.1) is 13.2 Å². The van der Waals surface area contributed by atoms with Crippen molar-refractivity contribution in [3.63, 3.8) is 0 Å². The third-order valence-corrected chi connectivity index (χ3v) is 2.97. The van der Waals surface area contributed by atoms with Gasteiger partial charge in [-0.25, -0.2) is 0 Å². The van der Waals surface area contributed by atoms with Crippen LogP contribution in [0, 0.1) is 13.8 Å². The molecule has 1 aromatic heterocycles. The molecule has 4 heteroatoms. The molecule has 0 unspecified atom stereocenters.